The molecule has 0 aliphatic heterocycles. The van der Waals surface area contributed by atoms with Crippen LogP contribution in [-0.2, 0) is 4.79 Å². The van der Waals surface area contributed by atoms with E-state index in [0.29, 0.717) is 11.4 Å². The Balaban J connectivity index is 1.98. The van der Waals surface area contributed by atoms with E-state index < -0.39 is 6.10 Å². The molecular formula is C19H23NO3. The number of ether oxygens (including phenoxy) is 2. The summed E-state index contributed by atoms with van der Waals surface area (Å²) < 4.78 is 11.3. The molecule has 1 amide bonds. The first kappa shape index (κ1) is 16.9. The number of carbonyl (C=O) groups is 1. The number of carbonyl (C=O) groups excluding carboxylic acids is 1. The Hall–Kier alpha value is -2.49. The van der Waals surface area contributed by atoms with Gasteiger partial charge in [-0.15, -0.1) is 0 Å². The quantitative estimate of drug-likeness (QED) is 0.870. The molecule has 0 unspecified atom stereocenters. The summed E-state index contributed by atoms with van der Waals surface area (Å²) in [6.45, 7) is 7.63. The van der Waals surface area contributed by atoms with Gasteiger partial charge >= 0.3 is 0 Å². The number of anilines is 1. The Morgan fingerprint density at radius 2 is 1.61 bits per heavy atom. The van der Waals surface area contributed by atoms with Gasteiger partial charge in [0.1, 0.15) is 11.5 Å². The molecule has 2 aromatic carbocycles. The predicted octanol–water partition coefficient (Wildman–Crippen LogP) is 4.19. The maximum atomic E-state index is 12.3. The number of amides is 1. The molecule has 0 aromatic heterocycles. The van der Waals surface area contributed by atoms with Crippen molar-refractivity contribution in [3.05, 3.63) is 54.1 Å². The molecule has 0 heterocycles. The van der Waals surface area contributed by atoms with E-state index in [2.05, 4.69) is 5.32 Å². The lowest BCUT2D eigenvalue weighted by Crippen LogP contribution is -2.30. The molecule has 122 valence electrons. The fraction of sp³-hybridized carbons (Fsp3) is 0.316. The highest BCUT2D eigenvalue weighted by atomic mass is 16.5. The first-order valence-corrected chi connectivity index (χ1v) is 7.75. The number of aryl methyl sites for hydroxylation is 1. The fourth-order valence-corrected chi connectivity index (χ4v) is 2.11. The van der Waals surface area contributed by atoms with Crippen molar-refractivity contribution < 1.29 is 14.3 Å². The Bertz CT molecular complexity index is 667. The standard InChI is InChI=1S/C19H23NO3/c1-13(2)22-18-10-6-8-16(12-18)20-19(21)15(4)23-17-9-5-7-14(3)11-17/h5-13,15H,1-4H3,(H,20,21)/t15-/m1/s1. The zero-order valence-corrected chi connectivity index (χ0v) is 14.0. The number of hydrogen-bond donors (Lipinski definition) is 1. The molecule has 0 saturated heterocycles. The molecule has 2 rings (SSSR count). The van der Waals surface area contributed by atoms with Crippen molar-refractivity contribution in [1.82, 2.24) is 0 Å². The summed E-state index contributed by atoms with van der Waals surface area (Å²) in [5.41, 5.74) is 1.78. The summed E-state index contributed by atoms with van der Waals surface area (Å²) in [7, 11) is 0. The minimum atomic E-state index is -0.591. The van der Waals surface area contributed by atoms with Gasteiger partial charge in [0.05, 0.1) is 6.10 Å². The Morgan fingerprint density at radius 1 is 0.957 bits per heavy atom. The van der Waals surface area contributed by atoms with Crippen molar-refractivity contribution in [2.75, 3.05) is 5.32 Å². The molecule has 2 aromatic rings. The molecular weight excluding hydrogens is 290 g/mol. The van der Waals surface area contributed by atoms with Crippen LogP contribution in [-0.4, -0.2) is 18.1 Å². The summed E-state index contributed by atoms with van der Waals surface area (Å²) in [6.07, 6.45) is -0.504. The Morgan fingerprint density at radius 3 is 2.26 bits per heavy atom. The highest BCUT2D eigenvalue weighted by Crippen LogP contribution is 2.19. The Labute approximate surface area is 137 Å². The summed E-state index contributed by atoms with van der Waals surface area (Å²) in [6, 6.07) is 15.0. The fourth-order valence-electron chi connectivity index (χ4n) is 2.11. The van der Waals surface area contributed by atoms with Gasteiger partial charge in [-0.2, -0.15) is 0 Å². The van der Waals surface area contributed by atoms with Crippen LogP contribution in [0.25, 0.3) is 0 Å². The van der Waals surface area contributed by atoms with E-state index in [0.717, 1.165) is 11.3 Å². The second kappa shape index (κ2) is 7.68. The molecule has 0 spiro atoms. The van der Waals surface area contributed by atoms with E-state index in [4.69, 9.17) is 9.47 Å². The van der Waals surface area contributed by atoms with Gasteiger partial charge in [-0.05, 0) is 57.5 Å². The van der Waals surface area contributed by atoms with Gasteiger partial charge in [-0.25, -0.2) is 0 Å². The van der Waals surface area contributed by atoms with Crippen molar-refractivity contribution in [3.63, 3.8) is 0 Å². The number of benzene rings is 2. The van der Waals surface area contributed by atoms with Gasteiger partial charge in [0.2, 0.25) is 0 Å². The normalized spacial score (nSPS) is 11.9. The average Bonchev–Trinajstić information content (AvgIpc) is 2.46. The Kier molecular flexibility index (Phi) is 5.63. The van der Waals surface area contributed by atoms with E-state index >= 15 is 0 Å². The molecule has 0 radical (unpaired) electrons. The summed E-state index contributed by atoms with van der Waals surface area (Å²) in [5.74, 6) is 1.21. The van der Waals surface area contributed by atoms with Crippen molar-refractivity contribution in [2.45, 2.75) is 39.9 Å². The van der Waals surface area contributed by atoms with Gasteiger partial charge in [0, 0.05) is 11.8 Å². The lowest BCUT2D eigenvalue weighted by Gasteiger charge is -2.16. The third kappa shape index (κ3) is 5.33. The van der Waals surface area contributed by atoms with Gasteiger partial charge in [0.25, 0.3) is 5.91 Å². The van der Waals surface area contributed by atoms with Crippen LogP contribution in [0.2, 0.25) is 0 Å². The summed E-state index contributed by atoms with van der Waals surface area (Å²) in [5, 5.41) is 2.85. The third-order valence-corrected chi connectivity index (χ3v) is 3.14. The van der Waals surface area contributed by atoms with Crippen molar-refractivity contribution in [1.29, 1.82) is 0 Å². The maximum absolute atomic E-state index is 12.3. The number of hydrogen-bond acceptors (Lipinski definition) is 3. The maximum Gasteiger partial charge on any atom is 0.265 e. The second-order valence-corrected chi connectivity index (χ2v) is 5.76. The first-order valence-electron chi connectivity index (χ1n) is 7.75. The van der Waals surface area contributed by atoms with Crippen LogP contribution in [0, 0.1) is 6.92 Å². The number of nitrogens with one attached hydrogen (secondary N) is 1. The predicted molar refractivity (Wildman–Crippen MR) is 92.1 cm³/mol. The average molecular weight is 313 g/mol. The minimum Gasteiger partial charge on any atom is -0.491 e. The zero-order valence-electron chi connectivity index (χ0n) is 14.0. The number of rotatable bonds is 6. The van der Waals surface area contributed by atoms with Crippen LogP contribution < -0.4 is 14.8 Å². The molecule has 0 bridgehead atoms. The van der Waals surface area contributed by atoms with Crippen molar-refractivity contribution in [2.24, 2.45) is 0 Å². The van der Waals surface area contributed by atoms with Crippen LogP contribution in [0.4, 0.5) is 5.69 Å². The molecule has 0 aliphatic rings. The third-order valence-electron chi connectivity index (χ3n) is 3.14. The molecule has 0 fully saturated rings. The molecule has 23 heavy (non-hydrogen) atoms. The zero-order chi connectivity index (χ0) is 16.8. The van der Waals surface area contributed by atoms with Crippen LogP contribution in [0.3, 0.4) is 0 Å². The monoisotopic (exact) mass is 313 g/mol. The van der Waals surface area contributed by atoms with E-state index in [9.17, 15) is 4.79 Å². The van der Waals surface area contributed by atoms with E-state index in [1.54, 1.807) is 13.0 Å². The van der Waals surface area contributed by atoms with Gasteiger partial charge in [-0.1, -0.05) is 18.2 Å². The molecule has 1 atom stereocenters. The van der Waals surface area contributed by atoms with Crippen LogP contribution >= 0.6 is 0 Å². The molecule has 4 nitrogen and oxygen atoms in total. The van der Waals surface area contributed by atoms with Gasteiger partial charge in [-0.3, -0.25) is 4.79 Å². The SMILES string of the molecule is Cc1cccc(O[C@H](C)C(=O)Nc2cccc(OC(C)C)c2)c1. The van der Waals surface area contributed by atoms with Crippen LogP contribution in [0.5, 0.6) is 11.5 Å². The molecule has 0 aliphatic carbocycles. The minimum absolute atomic E-state index is 0.0875. The largest absolute Gasteiger partial charge is 0.491 e. The summed E-state index contributed by atoms with van der Waals surface area (Å²) in [4.78, 5) is 12.3. The van der Waals surface area contributed by atoms with E-state index in [1.165, 1.54) is 0 Å². The van der Waals surface area contributed by atoms with E-state index in [-0.39, 0.29) is 12.0 Å². The topological polar surface area (TPSA) is 47.6 Å². The lowest BCUT2D eigenvalue weighted by molar-refractivity contribution is -0.122. The summed E-state index contributed by atoms with van der Waals surface area (Å²) >= 11 is 0. The molecule has 0 saturated carbocycles. The van der Waals surface area contributed by atoms with Crippen LogP contribution in [0.1, 0.15) is 26.3 Å². The van der Waals surface area contributed by atoms with Gasteiger partial charge in [0.15, 0.2) is 6.10 Å². The lowest BCUT2D eigenvalue weighted by atomic mass is 10.2. The van der Waals surface area contributed by atoms with Gasteiger partial charge < -0.3 is 14.8 Å². The second-order valence-electron chi connectivity index (χ2n) is 5.76. The first-order chi connectivity index (χ1) is 10.9. The van der Waals surface area contributed by atoms with Crippen molar-refractivity contribution >= 4 is 11.6 Å². The van der Waals surface area contributed by atoms with Crippen molar-refractivity contribution in [3.8, 4) is 11.5 Å². The molecule has 4 heteroatoms. The highest BCUT2D eigenvalue weighted by molar-refractivity contribution is 5.94. The van der Waals surface area contributed by atoms with E-state index in [1.807, 2.05) is 63.2 Å². The smallest absolute Gasteiger partial charge is 0.265 e. The highest BCUT2D eigenvalue weighted by Gasteiger charge is 2.15. The van der Waals surface area contributed by atoms with Crippen LogP contribution in [0.15, 0.2) is 48.5 Å². The molecule has 1 N–H and O–H groups in total.